The number of aliphatic carboxylic acids is 1. The van der Waals surface area contributed by atoms with Gasteiger partial charge in [0.05, 0.1) is 12.0 Å². The normalized spacial score (nSPS) is 25.6. The Morgan fingerprint density at radius 2 is 1.87 bits per heavy atom. The lowest BCUT2D eigenvalue weighted by molar-refractivity contribution is -0.150. The lowest BCUT2D eigenvalue weighted by Crippen LogP contribution is -2.57. The molecule has 23 heavy (non-hydrogen) atoms. The number of hydrogen-bond donors (Lipinski definition) is 2. The van der Waals surface area contributed by atoms with E-state index in [4.69, 9.17) is 16.3 Å². The van der Waals surface area contributed by atoms with Crippen molar-refractivity contribution < 1.29 is 19.4 Å². The van der Waals surface area contributed by atoms with Crippen molar-refractivity contribution in [2.75, 3.05) is 7.11 Å². The molecule has 0 aromatic heterocycles. The zero-order valence-electron chi connectivity index (χ0n) is 13.3. The summed E-state index contributed by atoms with van der Waals surface area (Å²) in [6.07, 6.45) is 2.06. The summed E-state index contributed by atoms with van der Waals surface area (Å²) in [6, 6.07) is 7.00. The van der Waals surface area contributed by atoms with Gasteiger partial charge in [0.2, 0.25) is 5.91 Å². The van der Waals surface area contributed by atoms with Gasteiger partial charge in [-0.2, -0.15) is 0 Å². The van der Waals surface area contributed by atoms with Crippen LogP contribution in [0.1, 0.15) is 44.1 Å². The predicted molar refractivity (Wildman–Crippen MR) is 87.6 cm³/mol. The lowest BCUT2D eigenvalue weighted by Gasteiger charge is -2.37. The molecule has 2 N–H and O–H groups in total. The number of benzene rings is 1. The van der Waals surface area contributed by atoms with E-state index >= 15 is 0 Å². The van der Waals surface area contributed by atoms with Crippen molar-refractivity contribution in [1.29, 1.82) is 0 Å². The molecule has 1 aliphatic rings. The van der Waals surface area contributed by atoms with Gasteiger partial charge in [-0.05, 0) is 50.3 Å². The minimum Gasteiger partial charge on any atom is -0.480 e. The van der Waals surface area contributed by atoms with Gasteiger partial charge in [-0.1, -0.05) is 23.7 Å². The number of nitrogens with one attached hydrogen (secondary N) is 1. The Kier molecular flexibility index (Phi) is 5.65. The van der Waals surface area contributed by atoms with E-state index in [1.54, 1.807) is 38.3 Å². The van der Waals surface area contributed by atoms with Crippen LogP contribution in [0.4, 0.5) is 0 Å². The quantitative estimate of drug-likeness (QED) is 0.864. The SMILES string of the molecule is COC1CCC(NC(=O)C(C)c2ccc(Cl)cc2)(C(=O)O)CC1. The van der Waals surface area contributed by atoms with Crippen molar-refractivity contribution >= 4 is 23.5 Å². The lowest BCUT2D eigenvalue weighted by atomic mass is 9.79. The second-order valence-corrected chi connectivity index (χ2v) is 6.52. The summed E-state index contributed by atoms with van der Waals surface area (Å²) in [6.45, 7) is 1.76. The smallest absolute Gasteiger partial charge is 0.329 e. The molecular weight excluding hydrogens is 318 g/mol. The van der Waals surface area contributed by atoms with Gasteiger partial charge in [0, 0.05) is 12.1 Å². The van der Waals surface area contributed by atoms with Gasteiger partial charge in [0.1, 0.15) is 5.54 Å². The molecule has 1 atom stereocenters. The van der Waals surface area contributed by atoms with Crippen molar-refractivity contribution in [3.05, 3.63) is 34.9 Å². The Labute approximate surface area is 141 Å². The van der Waals surface area contributed by atoms with Crippen LogP contribution in [0.3, 0.4) is 0 Å². The summed E-state index contributed by atoms with van der Waals surface area (Å²) in [5.41, 5.74) is -0.398. The first-order valence-corrected chi connectivity index (χ1v) is 8.09. The number of ether oxygens (including phenoxy) is 1. The fraction of sp³-hybridized carbons (Fsp3) is 0.529. The van der Waals surface area contributed by atoms with E-state index in [2.05, 4.69) is 5.32 Å². The number of carbonyl (C=O) groups is 2. The zero-order valence-corrected chi connectivity index (χ0v) is 14.1. The van der Waals surface area contributed by atoms with Crippen LogP contribution in [0, 0.1) is 0 Å². The maximum atomic E-state index is 12.5. The fourth-order valence-corrected chi connectivity index (χ4v) is 3.09. The van der Waals surface area contributed by atoms with Crippen LogP contribution >= 0.6 is 11.6 Å². The molecule has 1 fully saturated rings. The van der Waals surface area contributed by atoms with Crippen molar-refractivity contribution in [3.8, 4) is 0 Å². The van der Waals surface area contributed by atoms with Crippen molar-refractivity contribution in [3.63, 3.8) is 0 Å². The Hall–Kier alpha value is -1.59. The van der Waals surface area contributed by atoms with Gasteiger partial charge in [0.15, 0.2) is 0 Å². The van der Waals surface area contributed by atoms with E-state index in [-0.39, 0.29) is 12.0 Å². The highest BCUT2D eigenvalue weighted by Gasteiger charge is 2.44. The first-order chi connectivity index (χ1) is 10.9. The fourth-order valence-electron chi connectivity index (χ4n) is 2.96. The highest BCUT2D eigenvalue weighted by Crippen LogP contribution is 2.31. The van der Waals surface area contributed by atoms with Crippen LogP contribution in [0.5, 0.6) is 0 Å². The number of hydrogen-bond acceptors (Lipinski definition) is 3. The van der Waals surface area contributed by atoms with E-state index in [0.717, 1.165) is 5.56 Å². The van der Waals surface area contributed by atoms with Crippen molar-refractivity contribution in [2.24, 2.45) is 0 Å². The maximum absolute atomic E-state index is 12.5. The van der Waals surface area contributed by atoms with Gasteiger partial charge in [-0.3, -0.25) is 4.79 Å². The number of carbonyl (C=O) groups excluding carboxylic acids is 1. The molecular formula is C17H22ClNO4. The average Bonchev–Trinajstić information content (AvgIpc) is 2.55. The third-order valence-electron chi connectivity index (χ3n) is 4.65. The van der Waals surface area contributed by atoms with E-state index in [9.17, 15) is 14.7 Å². The molecule has 1 amide bonds. The number of rotatable bonds is 5. The molecule has 0 radical (unpaired) electrons. The minimum atomic E-state index is -1.20. The molecule has 0 saturated heterocycles. The third-order valence-corrected chi connectivity index (χ3v) is 4.91. The molecule has 1 unspecified atom stereocenters. The molecule has 5 nitrogen and oxygen atoms in total. The van der Waals surface area contributed by atoms with Crippen LogP contribution in [-0.4, -0.2) is 35.7 Å². The highest BCUT2D eigenvalue weighted by atomic mass is 35.5. The first-order valence-electron chi connectivity index (χ1n) is 7.71. The summed E-state index contributed by atoms with van der Waals surface area (Å²) >= 11 is 5.85. The third kappa shape index (κ3) is 4.03. The molecule has 1 aromatic rings. The number of carboxylic acids is 1. The standard InChI is InChI=1S/C17H22ClNO4/c1-11(12-3-5-13(18)6-4-12)15(20)19-17(16(21)22)9-7-14(23-2)8-10-17/h3-6,11,14H,7-10H2,1-2H3,(H,19,20)(H,21,22). The molecule has 0 heterocycles. The molecule has 1 aliphatic carbocycles. The summed E-state index contributed by atoms with van der Waals surface area (Å²) in [5, 5.41) is 13.0. The molecule has 1 aromatic carbocycles. The molecule has 1 saturated carbocycles. The monoisotopic (exact) mass is 339 g/mol. The molecule has 0 spiro atoms. The van der Waals surface area contributed by atoms with E-state index in [1.165, 1.54) is 0 Å². The van der Waals surface area contributed by atoms with E-state index < -0.39 is 17.4 Å². The van der Waals surface area contributed by atoms with Gasteiger partial charge in [-0.15, -0.1) is 0 Å². The Bertz CT molecular complexity index is 564. The molecule has 0 aliphatic heterocycles. The summed E-state index contributed by atoms with van der Waals surface area (Å²) in [5.74, 6) is -1.71. The number of methoxy groups -OCH3 is 1. The van der Waals surface area contributed by atoms with Gasteiger partial charge < -0.3 is 15.2 Å². The molecule has 6 heteroatoms. The second kappa shape index (κ2) is 7.32. The van der Waals surface area contributed by atoms with Crippen molar-refractivity contribution in [2.45, 2.75) is 50.2 Å². The molecule has 0 bridgehead atoms. The van der Waals surface area contributed by atoms with Gasteiger partial charge >= 0.3 is 5.97 Å². The van der Waals surface area contributed by atoms with E-state index in [1.807, 2.05) is 0 Å². The predicted octanol–water partition coefficient (Wildman–Crippen LogP) is 2.97. The number of carboxylic acid groups (broad SMARTS) is 1. The number of amides is 1. The Balaban J connectivity index is 2.09. The number of halogens is 1. The van der Waals surface area contributed by atoms with Crippen LogP contribution < -0.4 is 5.32 Å². The second-order valence-electron chi connectivity index (χ2n) is 6.08. The average molecular weight is 340 g/mol. The van der Waals surface area contributed by atoms with Crippen LogP contribution in [0.25, 0.3) is 0 Å². The molecule has 2 rings (SSSR count). The summed E-state index contributed by atoms with van der Waals surface area (Å²) < 4.78 is 5.28. The summed E-state index contributed by atoms with van der Waals surface area (Å²) in [4.78, 5) is 24.3. The Morgan fingerprint density at radius 3 is 2.35 bits per heavy atom. The molecule has 126 valence electrons. The van der Waals surface area contributed by atoms with Gasteiger partial charge in [0.25, 0.3) is 0 Å². The Morgan fingerprint density at radius 1 is 1.30 bits per heavy atom. The van der Waals surface area contributed by atoms with Gasteiger partial charge in [-0.25, -0.2) is 4.79 Å². The topological polar surface area (TPSA) is 75.6 Å². The van der Waals surface area contributed by atoms with E-state index in [0.29, 0.717) is 30.7 Å². The highest BCUT2D eigenvalue weighted by molar-refractivity contribution is 6.30. The zero-order chi connectivity index (χ0) is 17.0. The largest absolute Gasteiger partial charge is 0.480 e. The minimum absolute atomic E-state index is 0.0630. The van der Waals surface area contributed by atoms with Crippen molar-refractivity contribution in [1.82, 2.24) is 5.32 Å². The van der Waals surface area contributed by atoms with Crippen LogP contribution in [0.2, 0.25) is 5.02 Å². The summed E-state index contributed by atoms with van der Waals surface area (Å²) in [7, 11) is 1.62. The first kappa shape index (κ1) is 17.8. The van der Waals surface area contributed by atoms with Crippen LogP contribution in [0.15, 0.2) is 24.3 Å². The van der Waals surface area contributed by atoms with Crippen LogP contribution in [-0.2, 0) is 14.3 Å². The maximum Gasteiger partial charge on any atom is 0.329 e.